The summed E-state index contributed by atoms with van der Waals surface area (Å²) in [5, 5.41) is 5.02. The zero-order valence-electron chi connectivity index (χ0n) is 14.4. The Hall–Kier alpha value is -2.34. The quantitative estimate of drug-likeness (QED) is 0.390. The molecule has 128 valence electrons. The number of thiol groups is 1. The Labute approximate surface area is 160 Å². The van der Waals surface area contributed by atoms with E-state index in [0.29, 0.717) is 0 Å². The van der Waals surface area contributed by atoms with E-state index in [0.717, 1.165) is 0 Å². The van der Waals surface area contributed by atoms with Crippen molar-refractivity contribution in [2.24, 2.45) is 0 Å². The predicted molar refractivity (Wildman–Crippen MR) is 120 cm³/mol. The van der Waals surface area contributed by atoms with E-state index >= 15 is 0 Å². The van der Waals surface area contributed by atoms with E-state index in [4.69, 9.17) is 12.2 Å². The first-order valence-electron chi connectivity index (χ1n) is 8.74. The predicted octanol–water partition coefficient (Wildman–Crippen LogP) is 4.69. The molecule has 0 aliphatic carbocycles. The van der Waals surface area contributed by atoms with Crippen LogP contribution in [0, 0.1) is 0 Å². The van der Waals surface area contributed by atoms with Crippen LogP contribution in [0.15, 0.2) is 121 Å². The monoisotopic (exact) mass is 372 g/mol. The molecule has 0 bridgehead atoms. The van der Waals surface area contributed by atoms with E-state index < -0.39 is 5.81 Å². The second-order valence-corrected chi connectivity index (χ2v) is 13.0. The molecule has 0 unspecified atom stereocenters. The van der Waals surface area contributed by atoms with Crippen molar-refractivity contribution in [2.75, 3.05) is 0 Å². The minimum atomic E-state index is -3.12. The van der Waals surface area contributed by atoms with Crippen LogP contribution in [0.1, 0.15) is 0 Å². The molecule has 0 N–H and O–H groups in total. The van der Waals surface area contributed by atoms with Gasteiger partial charge in [-0.3, -0.25) is 0 Å². The first-order chi connectivity index (χ1) is 12.7. The van der Waals surface area contributed by atoms with Gasteiger partial charge in [-0.1, -0.05) is 0 Å². The molecule has 0 aliphatic rings. The van der Waals surface area contributed by atoms with Crippen LogP contribution in [0.5, 0.6) is 0 Å². The molecule has 0 saturated carbocycles. The third kappa shape index (κ3) is 2.43. The molecule has 0 heterocycles. The summed E-state index contributed by atoms with van der Waals surface area (Å²) in [4.78, 5) is 0. The molecule has 4 aromatic carbocycles. The van der Waals surface area contributed by atoms with E-state index in [1.165, 1.54) is 21.2 Å². The van der Waals surface area contributed by atoms with Crippen LogP contribution in [0.4, 0.5) is 0 Å². The zero-order chi connectivity index (χ0) is 17.9. The van der Waals surface area contributed by atoms with Gasteiger partial charge in [0, 0.05) is 0 Å². The van der Waals surface area contributed by atoms with Gasteiger partial charge in [0.2, 0.25) is 0 Å². The van der Waals surface area contributed by atoms with Crippen molar-refractivity contribution < 1.29 is 0 Å². The first-order valence-corrected chi connectivity index (χ1v) is 12.1. The summed E-state index contributed by atoms with van der Waals surface area (Å²) in [5.74, 6) is -3.12. The summed E-state index contributed by atoms with van der Waals surface area (Å²) in [7, 11) is 0. The van der Waals surface area contributed by atoms with Crippen molar-refractivity contribution in [3.05, 3.63) is 121 Å². The number of benzene rings is 4. The van der Waals surface area contributed by atoms with Crippen molar-refractivity contribution in [2.45, 2.75) is 0 Å². The van der Waals surface area contributed by atoms with Gasteiger partial charge in [-0.05, 0) is 0 Å². The van der Waals surface area contributed by atoms with E-state index in [2.05, 4.69) is 121 Å². The van der Waals surface area contributed by atoms with Crippen molar-refractivity contribution >= 4 is 39.3 Å². The third-order valence-electron chi connectivity index (χ3n) is 5.04. The molecular formula is C24H21PS. The van der Waals surface area contributed by atoms with Gasteiger partial charge < -0.3 is 0 Å². The van der Waals surface area contributed by atoms with Crippen LogP contribution in [-0.2, 0) is 0 Å². The average molecular weight is 372 g/mol. The Kier molecular flexibility index (Phi) is 4.44. The Bertz CT molecular complexity index is 814. The fourth-order valence-electron chi connectivity index (χ4n) is 3.77. The van der Waals surface area contributed by atoms with Gasteiger partial charge in [0.1, 0.15) is 0 Å². The Morgan fingerprint density at radius 3 is 0.731 bits per heavy atom. The van der Waals surface area contributed by atoms with E-state index in [9.17, 15) is 0 Å². The van der Waals surface area contributed by atoms with E-state index in [1.807, 2.05) is 0 Å². The first kappa shape index (κ1) is 17.1. The summed E-state index contributed by atoms with van der Waals surface area (Å²) >= 11 is 5.70. The SMILES string of the molecule is SP(c1ccccc1)(c1ccccc1)(c1ccccc1)c1ccccc1. The maximum atomic E-state index is 5.70. The van der Waals surface area contributed by atoms with Gasteiger partial charge >= 0.3 is 161 Å². The van der Waals surface area contributed by atoms with E-state index in [-0.39, 0.29) is 0 Å². The van der Waals surface area contributed by atoms with Crippen LogP contribution in [0.3, 0.4) is 0 Å². The molecule has 0 atom stereocenters. The van der Waals surface area contributed by atoms with Crippen molar-refractivity contribution in [1.29, 1.82) is 0 Å². The maximum absolute atomic E-state index is 5.70. The number of hydrogen-bond donors (Lipinski definition) is 1. The van der Waals surface area contributed by atoms with Crippen LogP contribution in [-0.4, -0.2) is 0 Å². The minimum absolute atomic E-state index is 1.26. The van der Waals surface area contributed by atoms with Gasteiger partial charge in [0.05, 0.1) is 0 Å². The molecule has 0 aliphatic heterocycles. The standard InChI is InChI=1S/C24H21PS/c26-25(21-13-5-1-6-14-21,22-15-7-2-8-16-22,23-17-9-3-10-18-23)24-19-11-4-12-20-24/h1-20,26H. The summed E-state index contributed by atoms with van der Waals surface area (Å²) in [6.07, 6.45) is 0. The molecule has 26 heavy (non-hydrogen) atoms. The second kappa shape index (κ2) is 6.76. The normalized spacial score (nSPS) is 12.9. The van der Waals surface area contributed by atoms with Crippen molar-refractivity contribution in [1.82, 2.24) is 0 Å². The number of rotatable bonds is 4. The molecule has 0 fully saturated rings. The fraction of sp³-hybridized carbons (Fsp3) is 0. The van der Waals surface area contributed by atoms with Crippen LogP contribution < -0.4 is 21.2 Å². The fourth-order valence-corrected chi connectivity index (χ4v) is 10.2. The van der Waals surface area contributed by atoms with Gasteiger partial charge in [-0.2, -0.15) is 0 Å². The Morgan fingerprint density at radius 1 is 0.346 bits per heavy atom. The molecule has 0 amide bonds. The van der Waals surface area contributed by atoms with E-state index in [1.54, 1.807) is 0 Å². The topological polar surface area (TPSA) is 0 Å². The summed E-state index contributed by atoms with van der Waals surface area (Å²) in [6.45, 7) is 0. The third-order valence-corrected chi connectivity index (χ3v) is 13.0. The molecule has 4 rings (SSSR count). The van der Waals surface area contributed by atoms with Gasteiger partial charge in [0.25, 0.3) is 0 Å². The molecule has 0 saturated heterocycles. The van der Waals surface area contributed by atoms with Gasteiger partial charge in [-0.15, -0.1) is 0 Å². The molecule has 0 spiro atoms. The molecule has 4 aromatic rings. The van der Waals surface area contributed by atoms with Crippen molar-refractivity contribution in [3.8, 4) is 0 Å². The number of hydrogen-bond acceptors (Lipinski definition) is 1. The molecule has 0 radical (unpaired) electrons. The Balaban J connectivity index is 2.23. The Morgan fingerprint density at radius 2 is 0.538 bits per heavy atom. The molecule has 2 heteroatoms. The summed E-state index contributed by atoms with van der Waals surface area (Å²) < 4.78 is 0. The van der Waals surface area contributed by atoms with Crippen molar-refractivity contribution in [3.63, 3.8) is 0 Å². The zero-order valence-corrected chi connectivity index (χ0v) is 16.2. The summed E-state index contributed by atoms with van der Waals surface area (Å²) in [5.41, 5.74) is 0. The van der Waals surface area contributed by atoms with Crippen LogP contribution >= 0.6 is 18.1 Å². The van der Waals surface area contributed by atoms with Crippen LogP contribution in [0.25, 0.3) is 0 Å². The van der Waals surface area contributed by atoms with Gasteiger partial charge in [-0.25, -0.2) is 0 Å². The second-order valence-electron chi connectivity index (χ2n) is 6.41. The average Bonchev–Trinajstić information content (AvgIpc) is 2.76. The van der Waals surface area contributed by atoms with Crippen LogP contribution in [0.2, 0.25) is 0 Å². The molecular weight excluding hydrogens is 351 g/mol. The molecule has 0 aromatic heterocycles. The van der Waals surface area contributed by atoms with Gasteiger partial charge in [0.15, 0.2) is 0 Å². The summed E-state index contributed by atoms with van der Waals surface area (Å²) in [6, 6.07) is 42.9. The molecule has 0 nitrogen and oxygen atoms in total.